The van der Waals surface area contributed by atoms with E-state index in [1.54, 1.807) is 18.5 Å². The average Bonchev–Trinajstić information content (AvgIpc) is 2.59. The average molecular weight is 275 g/mol. The first-order valence-electron chi connectivity index (χ1n) is 5.31. The maximum absolute atomic E-state index is 11.7. The summed E-state index contributed by atoms with van der Waals surface area (Å²) in [5.74, 6) is -0.730. The molecule has 7 nitrogen and oxygen atoms in total. The van der Waals surface area contributed by atoms with Crippen molar-refractivity contribution in [1.82, 2.24) is 4.57 Å². The van der Waals surface area contributed by atoms with Crippen molar-refractivity contribution < 1.29 is 17.9 Å². The largest absolute Gasteiger partial charge is 0.465 e. The Labute approximate surface area is 106 Å². The molecule has 0 aliphatic rings. The second-order valence-electron chi connectivity index (χ2n) is 3.75. The highest BCUT2D eigenvalue weighted by molar-refractivity contribution is 7.89. The normalized spacial score (nSPS) is 11.6. The number of rotatable bonds is 4. The minimum atomic E-state index is -4.04. The zero-order valence-corrected chi connectivity index (χ0v) is 11.4. The fourth-order valence-corrected chi connectivity index (χ4v) is 3.06. The molecule has 0 spiro atoms. The van der Waals surface area contributed by atoms with Crippen molar-refractivity contribution >= 4 is 16.0 Å². The van der Waals surface area contributed by atoms with Crippen molar-refractivity contribution in [3.63, 3.8) is 0 Å². The number of hydrogen-bond acceptors (Lipinski definition) is 5. The van der Waals surface area contributed by atoms with E-state index in [4.69, 9.17) is 10.9 Å². The second kappa shape index (κ2) is 5.09. The summed E-state index contributed by atoms with van der Waals surface area (Å²) in [4.78, 5) is 11.5. The van der Waals surface area contributed by atoms with E-state index in [0.29, 0.717) is 17.8 Å². The molecule has 8 heteroatoms. The molecule has 18 heavy (non-hydrogen) atoms. The van der Waals surface area contributed by atoms with Crippen LogP contribution in [0.1, 0.15) is 28.7 Å². The summed E-state index contributed by atoms with van der Waals surface area (Å²) in [6, 6.07) is 0. The van der Waals surface area contributed by atoms with E-state index in [-0.39, 0.29) is 17.0 Å². The first-order chi connectivity index (χ1) is 8.29. The number of carbonyl (C=O) groups excluding carboxylic acids is 1. The van der Waals surface area contributed by atoms with E-state index in [1.165, 1.54) is 7.11 Å². The molecule has 1 rings (SSSR count). The van der Waals surface area contributed by atoms with E-state index in [2.05, 4.69) is 4.74 Å². The molecule has 0 aliphatic carbocycles. The van der Waals surface area contributed by atoms with E-state index in [0.717, 1.165) is 0 Å². The maximum atomic E-state index is 11.7. The van der Waals surface area contributed by atoms with Crippen molar-refractivity contribution in [2.75, 3.05) is 7.11 Å². The lowest BCUT2D eigenvalue weighted by Gasteiger charge is -2.04. The van der Waals surface area contributed by atoms with Gasteiger partial charge in [-0.1, -0.05) is 6.92 Å². The summed E-state index contributed by atoms with van der Waals surface area (Å²) in [5, 5.41) is 5.16. The van der Waals surface area contributed by atoms with Crippen LogP contribution in [0, 0.1) is 0 Å². The number of hydrogen-bond donors (Lipinski definition) is 2. The van der Waals surface area contributed by atoms with E-state index in [9.17, 15) is 13.2 Å². The van der Waals surface area contributed by atoms with Crippen molar-refractivity contribution in [3.05, 3.63) is 17.0 Å². The SMILES string of the molecule is CCc1c(C(=O)OC)c(S(N)(=O)=O)c(CN)n1C. The Morgan fingerprint density at radius 3 is 2.28 bits per heavy atom. The smallest absolute Gasteiger partial charge is 0.341 e. The molecular weight excluding hydrogens is 258 g/mol. The Morgan fingerprint density at radius 2 is 1.94 bits per heavy atom. The third-order valence-corrected chi connectivity index (χ3v) is 3.80. The minimum Gasteiger partial charge on any atom is -0.465 e. The first kappa shape index (κ1) is 14.7. The predicted molar refractivity (Wildman–Crippen MR) is 65.4 cm³/mol. The molecule has 0 saturated carbocycles. The number of sulfonamides is 1. The minimum absolute atomic E-state index is 0.0227. The molecule has 0 unspecified atom stereocenters. The van der Waals surface area contributed by atoms with Crippen LogP contribution < -0.4 is 10.9 Å². The van der Waals surface area contributed by atoms with Gasteiger partial charge in [0.25, 0.3) is 0 Å². The van der Waals surface area contributed by atoms with Crippen LogP contribution in [0.2, 0.25) is 0 Å². The summed E-state index contributed by atoms with van der Waals surface area (Å²) in [6.45, 7) is 1.77. The summed E-state index contributed by atoms with van der Waals surface area (Å²) in [7, 11) is -1.22. The summed E-state index contributed by atoms with van der Waals surface area (Å²) in [6.07, 6.45) is 0.462. The molecular formula is C10H17N3O4S. The Balaban J connectivity index is 3.80. The van der Waals surface area contributed by atoms with Gasteiger partial charge in [-0.3, -0.25) is 0 Å². The standard InChI is InChI=1S/C10H17N3O4S/c1-4-6-8(10(14)17-3)9(18(12,15)16)7(5-11)13(6)2/h4-5,11H2,1-3H3,(H2,12,15,16). The summed E-state index contributed by atoms with van der Waals surface area (Å²) < 4.78 is 29.5. The molecule has 1 heterocycles. The molecule has 0 bridgehead atoms. The first-order valence-corrected chi connectivity index (χ1v) is 6.85. The Bertz CT molecular complexity index is 574. The molecule has 1 aromatic heterocycles. The lowest BCUT2D eigenvalue weighted by Crippen LogP contribution is -2.19. The molecule has 4 N–H and O–H groups in total. The van der Waals surface area contributed by atoms with Crippen molar-refractivity contribution in [2.24, 2.45) is 17.9 Å². The maximum Gasteiger partial charge on any atom is 0.341 e. The molecule has 0 aliphatic heterocycles. The van der Waals surface area contributed by atoms with Crippen LogP contribution in [0.5, 0.6) is 0 Å². The number of esters is 1. The fraction of sp³-hybridized carbons (Fsp3) is 0.500. The van der Waals surface area contributed by atoms with Crippen LogP contribution in [0.3, 0.4) is 0 Å². The van der Waals surface area contributed by atoms with Crippen LogP contribution in [-0.2, 0) is 34.8 Å². The molecule has 102 valence electrons. The van der Waals surface area contributed by atoms with Gasteiger partial charge in [-0.2, -0.15) is 0 Å². The van der Waals surface area contributed by atoms with Gasteiger partial charge in [0, 0.05) is 19.3 Å². The van der Waals surface area contributed by atoms with E-state index in [1.807, 2.05) is 0 Å². The number of nitrogens with zero attached hydrogens (tertiary/aromatic N) is 1. The van der Waals surface area contributed by atoms with Crippen LogP contribution in [-0.4, -0.2) is 26.1 Å². The summed E-state index contributed by atoms with van der Waals surface area (Å²) in [5.41, 5.74) is 6.35. The van der Waals surface area contributed by atoms with Gasteiger partial charge in [-0.15, -0.1) is 0 Å². The number of methoxy groups -OCH3 is 1. The van der Waals surface area contributed by atoms with Gasteiger partial charge in [0.05, 0.1) is 12.8 Å². The van der Waals surface area contributed by atoms with E-state index >= 15 is 0 Å². The van der Waals surface area contributed by atoms with Gasteiger partial charge < -0.3 is 15.0 Å². The molecule has 0 aromatic carbocycles. The Morgan fingerprint density at radius 1 is 1.39 bits per heavy atom. The highest BCUT2D eigenvalue weighted by Crippen LogP contribution is 2.27. The van der Waals surface area contributed by atoms with E-state index < -0.39 is 16.0 Å². The lowest BCUT2D eigenvalue weighted by molar-refractivity contribution is 0.0595. The molecule has 0 fully saturated rings. The van der Waals surface area contributed by atoms with Gasteiger partial charge in [-0.25, -0.2) is 18.4 Å². The van der Waals surface area contributed by atoms with Crippen LogP contribution >= 0.6 is 0 Å². The van der Waals surface area contributed by atoms with Crippen molar-refractivity contribution in [1.29, 1.82) is 0 Å². The zero-order valence-electron chi connectivity index (χ0n) is 10.6. The third kappa shape index (κ3) is 2.26. The highest BCUT2D eigenvalue weighted by Gasteiger charge is 2.31. The van der Waals surface area contributed by atoms with Crippen LogP contribution in [0.25, 0.3) is 0 Å². The molecule has 0 atom stereocenters. The Hall–Kier alpha value is -1.38. The van der Waals surface area contributed by atoms with Crippen molar-refractivity contribution in [2.45, 2.75) is 24.8 Å². The monoisotopic (exact) mass is 275 g/mol. The number of nitrogens with two attached hydrogens (primary N) is 2. The molecule has 0 amide bonds. The molecule has 1 aromatic rings. The predicted octanol–water partition coefficient (Wildman–Crippen LogP) is -0.520. The number of ether oxygens (including phenoxy) is 1. The number of aromatic nitrogens is 1. The van der Waals surface area contributed by atoms with Crippen molar-refractivity contribution in [3.8, 4) is 0 Å². The third-order valence-electron chi connectivity index (χ3n) is 2.79. The quantitative estimate of drug-likeness (QED) is 0.717. The van der Waals surface area contributed by atoms with Crippen LogP contribution in [0.4, 0.5) is 0 Å². The lowest BCUT2D eigenvalue weighted by atomic mass is 10.2. The Kier molecular flexibility index (Phi) is 4.15. The van der Waals surface area contributed by atoms with Gasteiger partial charge in [0.15, 0.2) is 0 Å². The second-order valence-corrected chi connectivity index (χ2v) is 5.25. The van der Waals surface area contributed by atoms with Gasteiger partial charge in [-0.05, 0) is 6.42 Å². The molecule has 0 saturated heterocycles. The zero-order chi connectivity index (χ0) is 14.1. The molecule has 0 radical (unpaired) electrons. The number of primary sulfonamides is 1. The van der Waals surface area contributed by atoms with Gasteiger partial charge >= 0.3 is 5.97 Å². The van der Waals surface area contributed by atoms with Gasteiger partial charge in [0.2, 0.25) is 10.0 Å². The number of carbonyl (C=O) groups is 1. The highest BCUT2D eigenvalue weighted by atomic mass is 32.2. The topological polar surface area (TPSA) is 117 Å². The van der Waals surface area contributed by atoms with Crippen LogP contribution in [0.15, 0.2) is 4.90 Å². The van der Waals surface area contributed by atoms with Gasteiger partial charge in [0.1, 0.15) is 10.5 Å². The fourth-order valence-electron chi connectivity index (χ4n) is 2.02. The summed E-state index contributed by atoms with van der Waals surface area (Å²) >= 11 is 0.